The van der Waals surface area contributed by atoms with Gasteiger partial charge >= 0.3 is 0 Å². The van der Waals surface area contributed by atoms with E-state index in [4.69, 9.17) is 0 Å². The van der Waals surface area contributed by atoms with Crippen molar-refractivity contribution in [3.63, 3.8) is 0 Å². The van der Waals surface area contributed by atoms with Crippen molar-refractivity contribution in [1.29, 1.82) is 0 Å². The van der Waals surface area contributed by atoms with Crippen molar-refractivity contribution < 1.29 is 0 Å². The largest absolute Gasteiger partial charge is 0.369 e. The molecule has 2 aliphatic rings. The van der Waals surface area contributed by atoms with Crippen LogP contribution in [0.3, 0.4) is 0 Å². The van der Waals surface area contributed by atoms with Crippen LogP contribution >= 0.6 is 15.9 Å². The molecule has 3 rings (SSSR count). The fourth-order valence-corrected chi connectivity index (χ4v) is 3.96. The molecule has 2 saturated heterocycles. The minimum absolute atomic E-state index is 0.772. The van der Waals surface area contributed by atoms with Crippen molar-refractivity contribution in [1.82, 2.24) is 10.2 Å². The Balaban J connectivity index is 1.71. The molecule has 1 unspecified atom stereocenters. The molecule has 0 amide bonds. The first-order chi connectivity index (χ1) is 9.78. The van der Waals surface area contributed by atoms with Crippen molar-refractivity contribution in [3.8, 4) is 0 Å². The van der Waals surface area contributed by atoms with E-state index in [0.29, 0.717) is 0 Å². The molecular weight excluding hydrogens is 314 g/mol. The number of piperidine rings is 1. The second-order valence-corrected chi connectivity index (χ2v) is 6.79. The second-order valence-electron chi connectivity index (χ2n) is 5.94. The van der Waals surface area contributed by atoms with E-state index >= 15 is 0 Å². The van der Waals surface area contributed by atoms with Crippen LogP contribution in [-0.4, -0.2) is 44.2 Å². The Morgan fingerprint density at radius 1 is 1.25 bits per heavy atom. The lowest BCUT2D eigenvalue weighted by molar-refractivity contribution is 0.133. The highest BCUT2D eigenvalue weighted by molar-refractivity contribution is 9.10. The summed E-state index contributed by atoms with van der Waals surface area (Å²) in [4.78, 5) is 5.24. The molecule has 0 bridgehead atoms. The predicted molar refractivity (Wildman–Crippen MR) is 88.3 cm³/mol. The van der Waals surface area contributed by atoms with Gasteiger partial charge in [0.15, 0.2) is 0 Å². The first-order valence-electron chi connectivity index (χ1n) is 7.70. The summed E-state index contributed by atoms with van der Waals surface area (Å²) in [5.74, 6) is 0. The Labute approximate surface area is 130 Å². The van der Waals surface area contributed by atoms with Crippen molar-refractivity contribution in [2.24, 2.45) is 0 Å². The van der Waals surface area contributed by atoms with E-state index in [1.54, 1.807) is 0 Å². The Morgan fingerprint density at radius 3 is 2.95 bits per heavy atom. The van der Waals surface area contributed by atoms with Gasteiger partial charge < -0.3 is 10.2 Å². The smallest absolute Gasteiger partial charge is 0.0378 e. The summed E-state index contributed by atoms with van der Waals surface area (Å²) < 4.78 is 1.22. The van der Waals surface area contributed by atoms with Crippen molar-refractivity contribution in [2.75, 3.05) is 38.1 Å². The van der Waals surface area contributed by atoms with Crippen LogP contribution in [0.1, 0.15) is 24.8 Å². The van der Waals surface area contributed by atoms with E-state index < -0.39 is 0 Å². The van der Waals surface area contributed by atoms with Gasteiger partial charge in [-0.25, -0.2) is 0 Å². The van der Waals surface area contributed by atoms with Gasteiger partial charge in [-0.05, 0) is 44.1 Å². The van der Waals surface area contributed by atoms with Gasteiger partial charge in [0.1, 0.15) is 0 Å². The molecule has 2 aliphatic heterocycles. The Kier molecular flexibility index (Phi) is 4.64. The van der Waals surface area contributed by atoms with Gasteiger partial charge in [0, 0.05) is 42.4 Å². The summed E-state index contributed by atoms with van der Waals surface area (Å²) in [7, 11) is 1.99. The highest BCUT2D eigenvalue weighted by atomic mass is 79.9. The van der Waals surface area contributed by atoms with Crippen LogP contribution in [0, 0.1) is 0 Å². The van der Waals surface area contributed by atoms with Crippen LogP contribution in [0.2, 0.25) is 0 Å². The number of nitrogens with zero attached hydrogens (tertiary/aromatic N) is 2. The Hall–Kier alpha value is -0.580. The van der Waals surface area contributed by atoms with Gasteiger partial charge in [-0.1, -0.05) is 28.4 Å². The first kappa shape index (κ1) is 14.4. The molecule has 20 heavy (non-hydrogen) atoms. The molecule has 110 valence electrons. The van der Waals surface area contributed by atoms with Crippen LogP contribution in [0.15, 0.2) is 22.7 Å². The normalized spacial score (nSPS) is 23.7. The lowest BCUT2D eigenvalue weighted by atomic mass is 9.99. The molecule has 1 aromatic rings. The third kappa shape index (κ3) is 3.02. The van der Waals surface area contributed by atoms with E-state index in [1.807, 2.05) is 7.05 Å². The van der Waals surface area contributed by atoms with E-state index in [9.17, 15) is 0 Å². The number of anilines is 1. The maximum Gasteiger partial charge on any atom is 0.0378 e. The quantitative estimate of drug-likeness (QED) is 0.914. The van der Waals surface area contributed by atoms with Crippen LogP contribution < -0.4 is 10.2 Å². The molecule has 4 heteroatoms. The third-order valence-corrected chi connectivity index (χ3v) is 5.34. The maximum absolute atomic E-state index is 3.71. The number of hydrogen-bond acceptors (Lipinski definition) is 3. The SMILES string of the molecule is CNCc1ccc(N2CCN3CCCCC3C2)cc1Br. The maximum atomic E-state index is 3.71. The minimum atomic E-state index is 0.772. The van der Waals surface area contributed by atoms with Gasteiger partial charge in [0.2, 0.25) is 0 Å². The molecule has 2 heterocycles. The summed E-state index contributed by atoms with van der Waals surface area (Å²) in [6, 6.07) is 7.57. The molecule has 0 aromatic heterocycles. The van der Waals surface area contributed by atoms with Gasteiger partial charge in [-0.15, -0.1) is 0 Å². The number of hydrogen-bond donors (Lipinski definition) is 1. The van der Waals surface area contributed by atoms with Crippen LogP contribution in [0.25, 0.3) is 0 Å². The minimum Gasteiger partial charge on any atom is -0.369 e. The molecular formula is C16H24BrN3. The number of nitrogens with one attached hydrogen (secondary N) is 1. The predicted octanol–water partition coefficient (Wildman–Crippen LogP) is 2.84. The zero-order valence-electron chi connectivity index (χ0n) is 12.2. The molecule has 0 spiro atoms. The Morgan fingerprint density at radius 2 is 2.15 bits per heavy atom. The van der Waals surface area contributed by atoms with Gasteiger partial charge in [-0.2, -0.15) is 0 Å². The summed E-state index contributed by atoms with van der Waals surface area (Å²) in [6.07, 6.45) is 4.16. The lowest BCUT2D eigenvalue weighted by Gasteiger charge is -2.45. The molecule has 0 aliphatic carbocycles. The summed E-state index contributed by atoms with van der Waals surface area (Å²) in [5, 5.41) is 3.21. The number of rotatable bonds is 3. The van der Waals surface area contributed by atoms with E-state index in [0.717, 1.165) is 19.1 Å². The molecule has 1 aromatic carbocycles. The number of piperazine rings is 1. The summed E-state index contributed by atoms with van der Waals surface area (Å²) in [5.41, 5.74) is 2.69. The first-order valence-corrected chi connectivity index (χ1v) is 8.49. The topological polar surface area (TPSA) is 18.5 Å². The van der Waals surface area contributed by atoms with E-state index in [-0.39, 0.29) is 0 Å². The lowest BCUT2D eigenvalue weighted by Crippen LogP contribution is -2.54. The molecule has 2 fully saturated rings. The summed E-state index contributed by atoms with van der Waals surface area (Å²) in [6.45, 7) is 5.80. The standard InChI is InChI=1S/C16H24BrN3/c1-18-11-13-5-6-14(10-16(13)17)20-9-8-19-7-3-2-4-15(19)12-20/h5-6,10,15,18H,2-4,7-9,11-12H2,1H3. The number of fused-ring (bicyclic) bond motifs is 1. The van der Waals surface area contributed by atoms with Crippen molar-refractivity contribution in [2.45, 2.75) is 31.8 Å². The van der Waals surface area contributed by atoms with Crippen molar-refractivity contribution >= 4 is 21.6 Å². The zero-order chi connectivity index (χ0) is 13.9. The highest BCUT2D eigenvalue weighted by Crippen LogP contribution is 2.28. The van der Waals surface area contributed by atoms with Crippen molar-refractivity contribution in [3.05, 3.63) is 28.2 Å². The second kappa shape index (κ2) is 6.46. The molecule has 1 atom stereocenters. The molecule has 0 saturated carbocycles. The fraction of sp³-hybridized carbons (Fsp3) is 0.625. The van der Waals surface area contributed by atoms with Crippen LogP contribution in [0.5, 0.6) is 0 Å². The van der Waals surface area contributed by atoms with Crippen LogP contribution in [0.4, 0.5) is 5.69 Å². The zero-order valence-corrected chi connectivity index (χ0v) is 13.8. The average Bonchev–Trinajstić information content (AvgIpc) is 2.49. The van der Waals surface area contributed by atoms with E-state index in [1.165, 1.54) is 54.6 Å². The van der Waals surface area contributed by atoms with Gasteiger partial charge in [0.05, 0.1) is 0 Å². The monoisotopic (exact) mass is 337 g/mol. The fourth-order valence-electron chi connectivity index (χ4n) is 3.46. The molecule has 3 nitrogen and oxygen atoms in total. The van der Waals surface area contributed by atoms with Gasteiger partial charge in [-0.3, -0.25) is 4.90 Å². The number of halogens is 1. The third-order valence-electron chi connectivity index (χ3n) is 4.61. The van der Waals surface area contributed by atoms with Crippen LogP contribution in [-0.2, 0) is 6.54 Å². The Bertz CT molecular complexity index is 463. The van der Waals surface area contributed by atoms with E-state index in [2.05, 4.69) is 49.2 Å². The average molecular weight is 338 g/mol. The molecule has 1 N–H and O–H groups in total. The summed E-state index contributed by atoms with van der Waals surface area (Å²) >= 11 is 3.71. The highest BCUT2D eigenvalue weighted by Gasteiger charge is 2.28. The molecule has 0 radical (unpaired) electrons. The van der Waals surface area contributed by atoms with Gasteiger partial charge in [0.25, 0.3) is 0 Å². The number of benzene rings is 1.